The summed E-state index contributed by atoms with van der Waals surface area (Å²) in [5.74, 6) is -5.48. The molecule has 3 unspecified atom stereocenters. The number of rotatable bonds is 9. The second-order valence-electron chi connectivity index (χ2n) is 16.7. The van der Waals surface area contributed by atoms with Crippen molar-refractivity contribution < 1.29 is 52.5 Å². The van der Waals surface area contributed by atoms with Gasteiger partial charge in [-0.05, 0) is 37.5 Å². The number of cyclic esters (lactones) is 1. The molecule has 4 aliphatic rings. The lowest BCUT2D eigenvalue weighted by Crippen LogP contribution is -2.76. The SMILES string of the molecule is CC(=O)O[C@H]1[C@@H]2[C@@]3(C)[C@H](OC(C)=O)C(CCC[Si](C)(C)C)[C@H](C)C(=O)[C@@H]3CC[C@@]2(C)C2C=CC(=O)OCC2([C@H](C)OC(C)=O)[C@H]1OC(C)=O. The summed E-state index contributed by atoms with van der Waals surface area (Å²) in [5, 5.41) is 0. The van der Waals surface area contributed by atoms with Gasteiger partial charge in [-0.2, -0.15) is 0 Å². The zero-order chi connectivity index (χ0) is 36.9. The van der Waals surface area contributed by atoms with E-state index in [0.717, 1.165) is 12.5 Å². The van der Waals surface area contributed by atoms with Gasteiger partial charge >= 0.3 is 29.8 Å². The summed E-state index contributed by atoms with van der Waals surface area (Å²) >= 11 is 0. The van der Waals surface area contributed by atoms with Crippen LogP contribution in [0.1, 0.15) is 81.1 Å². The lowest BCUT2D eigenvalue weighted by atomic mass is 9.35. The van der Waals surface area contributed by atoms with E-state index in [4.69, 9.17) is 23.7 Å². The Labute approximate surface area is 291 Å². The average Bonchev–Trinajstić information content (AvgIpc) is 3.14. The van der Waals surface area contributed by atoms with Gasteiger partial charge in [0.25, 0.3) is 0 Å². The lowest BCUT2D eigenvalue weighted by molar-refractivity contribution is -0.300. The Bertz CT molecular complexity index is 1380. The third-order valence-corrected chi connectivity index (χ3v) is 14.2. The van der Waals surface area contributed by atoms with E-state index in [9.17, 15) is 28.8 Å². The van der Waals surface area contributed by atoms with E-state index < -0.39 is 96.3 Å². The van der Waals surface area contributed by atoms with Gasteiger partial charge in [0, 0.05) is 70.9 Å². The first-order chi connectivity index (χ1) is 22.6. The molecule has 12 atom stereocenters. The number of ketones is 1. The molecule has 0 aromatic carbocycles. The zero-order valence-electron chi connectivity index (χ0n) is 31.1. The number of hydrogen-bond donors (Lipinski definition) is 0. The molecule has 3 aliphatic carbocycles. The van der Waals surface area contributed by atoms with Crippen molar-refractivity contribution in [2.75, 3.05) is 6.61 Å². The monoisotopic (exact) mass is 704 g/mol. The molecular formula is C37H56O11Si. The van der Waals surface area contributed by atoms with E-state index in [1.807, 2.05) is 20.8 Å². The predicted molar refractivity (Wildman–Crippen MR) is 181 cm³/mol. The highest BCUT2D eigenvalue weighted by Crippen LogP contribution is 2.71. The van der Waals surface area contributed by atoms with Crippen LogP contribution < -0.4 is 0 Å². The van der Waals surface area contributed by atoms with Crippen LogP contribution in [-0.2, 0) is 52.5 Å². The fourth-order valence-electron chi connectivity index (χ4n) is 10.6. The van der Waals surface area contributed by atoms with Crippen LogP contribution in [0.15, 0.2) is 12.2 Å². The third kappa shape index (κ3) is 7.00. The molecule has 12 heteroatoms. The van der Waals surface area contributed by atoms with Crippen LogP contribution in [0.2, 0.25) is 25.7 Å². The third-order valence-electron chi connectivity index (χ3n) is 12.3. The fraction of sp³-hybridized carbons (Fsp3) is 0.784. The summed E-state index contributed by atoms with van der Waals surface area (Å²) < 4.78 is 30.3. The van der Waals surface area contributed by atoms with Gasteiger partial charge < -0.3 is 23.7 Å². The molecule has 0 saturated heterocycles. The number of hydrogen-bond acceptors (Lipinski definition) is 11. The molecule has 11 nitrogen and oxygen atoms in total. The smallest absolute Gasteiger partial charge is 0.330 e. The van der Waals surface area contributed by atoms with E-state index >= 15 is 0 Å². The van der Waals surface area contributed by atoms with Gasteiger partial charge in [-0.15, -0.1) is 0 Å². The molecule has 0 spiro atoms. The topological polar surface area (TPSA) is 149 Å². The largest absolute Gasteiger partial charge is 0.462 e. The van der Waals surface area contributed by atoms with E-state index in [0.29, 0.717) is 19.3 Å². The molecule has 0 amide bonds. The molecule has 4 rings (SSSR count). The van der Waals surface area contributed by atoms with Crippen molar-refractivity contribution in [3.05, 3.63) is 12.2 Å². The molecule has 3 fully saturated rings. The highest BCUT2D eigenvalue weighted by atomic mass is 28.3. The van der Waals surface area contributed by atoms with Crippen molar-refractivity contribution in [2.24, 2.45) is 45.8 Å². The van der Waals surface area contributed by atoms with Gasteiger partial charge in [0.1, 0.15) is 30.7 Å². The average molecular weight is 705 g/mol. The van der Waals surface area contributed by atoms with Gasteiger partial charge in [0.05, 0.1) is 5.41 Å². The first-order valence-corrected chi connectivity index (χ1v) is 21.4. The van der Waals surface area contributed by atoms with Crippen LogP contribution in [0.25, 0.3) is 0 Å². The standard InChI is InChI=1S/C37H56O11Si/c1-20-26(13-12-18-49(9,10)11)33(47-24(5)40)36(8)27(30(20)43)16-17-35(7)28-14-15-29(42)44-19-37(28,21(2)45-22(3)38)34(48-25(6)41)31(32(35)36)46-23(4)39/h14-15,20-21,26-28,31-34H,12-13,16-19H2,1-11H3/t20-,21-,26?,27-,28?,31-,32-,33+,34-,35-,36-,37?/m0/s1. The molecule has 0 N–H and O–H groups in total. The summed E-state index contributed by atoms with van der Waals surface area (Å²) in [4.78, 5) is 79.0. The summed E-state index contributed by atoms with van der Waals surface area (Å²) in [7, 11) is -1.42. The Morgan fingerprint density at radius 1 is 0.939 bits per heavy atom. The van der Waals surface area contributed by atoms with Crippen LogP contribution in [-0.4, -0.2) is 74.7 Å². The Balaban J connectivity index is 2.05. The molecule has 0 bridgehead atoms. The van der Waals surface area contributed by atoms with Crippen molar-refractivity contribution in [1.29, 1.82) is 0 Å². The Kier molecular flexibility index (Phi) is 11.0. The predicted octanol–water partition coefficient (Wildman–Crippen LogP) is 5.45. The number of ether oxygens (including phenoxy) is 5. The summed E-state index contributed by atoms with van der Waals surface area (Å²) in [5.41, 5.74) is -3.32. The number of allylic oxidation sites excluding steroid dienone is 1. The van der Waals surface area contributed by atoms with Crippen LogP contribution in [0, 0.1) is 45.8 Å². The van der Waals surface area contributed by atoms with Crippen molar-refractivity contribution in [3.8, 4) is 0 Å². The number of carbonyl (C=O) groups is 6. The summed E-state index contributed by atoms with van der Waals surface area (Å²) in [6.07, 6.45) is 1.40. The van der Waals surface area contributed by atoms with E-state index in [1.165, 1.54) is 33.8 Å². The van der Waals surface area contributed by atoms with Crippen LogP contribution in [0.5, 0.6) is 0 Å². The van der Waals surface area contributed by atoms with Crippen molar-refractivity contribution in [2.45, 2.75) is 131 Å². The first kappa shape index (κ1) is 38.8. The van der Waals surface area contributed by atoms with Gasteiger partial charge in [-0.1, -0.05) is 59.0 Å². The fourth-order valence-corrected chi connectivity index (χ4v) is 11.8. The van der Waals surface area contributed by atoms with Crippen molar-refractivity contribution >= 4 is 43.7 Å². The molecule has 274 valence electrons. The van der Waals surface area contributed by atoms with E-state index in [2.05, 4.69) is 19.6 Å². The maximum Gasteiger partial charge on any atom is 0.330 e. The lowest BCUT2D eigenvalue weighted by Gasteiger charge is -2.70. The number of Topliss-reactive ketones (excluding diaryl/α,β-unsaturated/α-hetero) is 1. The van der Waals surface area contributed by atoms with E-state index in [-0.39, 0.29) is 24.2 Å². The normalized spacial score (nSPS) is 39.2. The van der Waals surface area contributed by atoms with Gasteiger partial charge in [0.2, 0.25) is 0 Å². The Morgan fingerprint density at radius 3 is 2.08 bits per heavy atom. The van der Waals surface area contributed by atoms with Crippen molar-refractivity contribution in [3.63, 3.8) is 0 Å². The molecule has 0 radical (unpaired) electrons. The first-order valence-electron chi connectivity index (χ1n) is 17.7. The van der Waals surface area contributed by atoms with Gasteiger partial charge in [0.15, 0.2) is 6.10 Å². The minimum absolute atomic E-state index is 0.0802. The Morgan fingerprint density at radius 2 is 1.53 bits per heavy atom. The molecule has 3 saturated carbocycles. The summed E-state index contributed by atoms with van der Waals surface area (Å²) in [6, 6.07) is 1.04. The van der Waals surface area contributed by atoms with Crippen LogP contribution >= 0.6 is 0 Å². The molecule has 1 heterocycles. The molecule has 0 aromatic heterocycles. The quantitative estimate of drug-likeness (QED) is 0.171. The van der Waals surface area contributed by atoms with Crippen LogP contribution in [0.4, 0.5) is 0 Å². The molecular weight excluding hydrogens is 648 g/mol. The number of esters is 5. The maximum atomic E-state index is 14.5. The van der Waals surface area contributed by atoms with E-state index in [1.54, 1.807) is 13.0 Å². The maximum absolute atomic E-state index is 14.5. The second kappa shape index (κ2) is 13.9. The van der Waals surface area contributed by atoms with Gasteiger partial charge in [-0.3, -0.25) is 24.0 Å². The molecule has 0 aromatic rings. The number of carbonyl (C=O) groups excluding carboxylic acids is 6. The minimum atomic E-state index is -1.42. The van der Waals surface area contributed by atoms with Crippen LogP contribution in [0.3, 0.4) is 0 Å². The Hall–Kier alpha value is -3.02. The second-order valence-corrected chi connectivity index (χ2v) is 22.3. The number of fused-ring (bicyclic) bond motifs is 5. The molecule has 1 aliphatic heterocycles. The summed E-state index contributed by atoms with van der Waals surface area (Å²) in [6.45, 7) is 19.4. The van der Waals surface area contributed by atoms with Gasteiger partial charge in [-0.25, -0.2) is 4.79 Å². The molecule has 49 heavy (non-hydrogen) atoms. The highest BCUT2D eigenvalue weighted by Gasteiger charge is 2.77. The minimum Gasteiger partial charge on any atom is -0.462 e. The zero-order valence-corrected chi connectivity index (χ0v) is 32.1. The van der Waals surface area contributed by atoms with Crippen molar-refractivity contribution in [1.82, 2.24) is 0 Å². The highest BCUT2D eigenvalue weighted by molar-refractivity contribution is 6.76.